The molecule has 0 aliphatic carbocycles. The van der Waals surface area contributed by atoms with Crippen molar-refractivity contribution in [2.45, 2.75) is 58.0 Å². The van der Waals surface area contributed by atoms with Crippen molar-refractivity contribution in [3.63, 3.8) is 0 Å². The number of carbonyl (C=O) groups is 1. The van der Waals surface area contributed by atoms with Gasteiger partial charge in [-0.05, 0) is 25.5 Å². The number of para-hydroxylation sites is 1. The Labute approximate surface area is 152 Å². The lowest BCUT2D eigenvalue weighted by molar-refractivity contribution is -0.811. The first kappa shape index (κ1) is 21.3. The Morgan fingerprint density at radius 3 is 2.31 bits per heavy atom. The van der Waals surface area contributed by atoms with Gasteiger partial charge in [0, 0.05) is 6.08 Å². The smallest absolute Gasteiger partial charge is 0.422 e. The van der Waals surface area contributed by atoms with Crippen molar-refractivity contribution in [1.82, 2.24) is 0 Å². The van der Waals surface area contributed by atoms with Gasteiger partial charge in [-0.2, -0.15) is 0 Å². The van der Waals surface area contributed by atoms with Gasteiger partial charge in [0.15, 0.2) is 0 Å². The number of ether oxygens (including phenoxy) is 1. The van der Waals surface area contributed by atoms with Crippen LogP contribution >= 0.6 is 0 Å². The average molecular weight is 364 g/mol. The third kappa shape index (κ3) is 5.11. The van der Waals surface area contributed by atoms with E-state index in [9.17, 15) is 25.0 Å². The number of benzene rings is 1. The Morgan fingerprint density at radius 2 is 1.73 bits per heavy atom. The molecule has 0 amide bonds. The molecule has 142 valence electrons. The minimum Gasteiger partial charge on any atom is -0.422 e. The fourth-order valence-electron chi connectivity index (χ4n) is 2.72. The van der Waals surface area contributed by atoms with Gasteiger partial charge in [0.05, 0.1) is 6.42 Å². The summed E-state index contributed by atoms with van der Waals surface area (Å²) in [7, 11) is 0. The second-order valence-electron chi connectivity index (χ2n) is 5.91. The Bertz CT molecular complexity index is 657. The molecule has 8 heteroatoms. The number of hydrogen-bond acceptors (Lipinski definition) is 6. The molecule has 0 bridgehead atoms. The quantitative estimate of drug-likeness (QED) is 0.110. The van der Waals surface area contributed by atoms with Crippen LogP contribution in [0.2, 0.25) is 0 Å². The second kappa shape index (κ2) is 10.3. The molecular formula is C18H24N2O6. The maximum absolute atomic E-state index is 11.8. The molecule has 26 heavy (non-hydrogen) atoms. The highest BCUT2D eigenvalue weighted by Gasteiger charge is 2.59. The number of nitrogens with zero attached hydrogens (tertiary/aromatic N) is 2. The van der Waals surface area contributed by atoms with Crippen molar-refractivity contribution in [3.05, 3.63) is 62.2 Å². The van der Waals surface area contributed by atoms with Crippen LogP contribution in [0.15, 0.2) is 36.4 Å². The molecule has 0 spiro atoms. The van der Waals surface area contributed by atoms with Crippen LogP contribution in [-0.2, 0) is 10.5 Å². The molecule has 0 saturated heterocycles. The second-order valence-corrected chi connectivity index (χ2v) is 5.91. The summed E-state index contributed by atoms with van der Waals surface area (Å²) in [5.74, 6) is -0.916. The van der Waals surface area contributed by atoms with E-state index >= 15 is 0 Å². The van der Waals surface area contributed by atoms with Crippen LogP contribution in [0.1, 0.15) is 57.9 Å². The van der Waals surface area contributed by atoms with Gasteiger partial charge in [0.25, 0.3) is 0 Å². The Morgan fingerprint density at radius 1 is 1.12 bits per heavy atom. The van der Waals surface area contributed by atoms with E-state index in [2.05, 4.69) is 0 Å². The van der Waals surface area contributed by atoms with Crippen LogP contribution in [0.3, 0.4) is 0 Å². The van der Waals surface area contributed by atoms with Gasteiger partial charge in [0.1, 0.15) is 21.2 Å². The standard InChI is InChI=1S/C18H24N2O6/c1-3-5-6-7-10-14-18(19(22)23,20(24)25)15-12-8-9-13-16(15)26-17(21)11-4-2/h4,8-9,11-13H,3,5-7,10,14H2,1-2H3/b11-4+. The van der Waals surface area contributed by atoms with Gasteiger partial charge >= 0.3 is 11.6 Å². The van der Waals surface area contributed by atoms with Gasteiger partial charge in [-0.1, -0.05) is 50.8 Å². The van der Waals surface area contributed by atoms with Crippen molar-refractivity contribution in [1.29, 1.82) is 0 Å². The van der Waals surface area contributed by atoms with Crippen LogP contribution < -0.4 is 4.74 Å². The summed E-state index contributed by atoms with van der Waals surface area (Å²) in [5.41, 5.74) is -2.76. The molecule has 0 fully saturated rings. The summed E-state index contributed by atoms with van der Waals surface area (Å²) in [5, 5.41) is 23.5. The highest BCUT2D eigenvalue weighted by molar-refractivity contribution is 5.84. The van der Waals surface area contributed by atoms with Crippen molar-refractivity contribution in [3.8, 4) is 5.75 Å². The minimum absolute atomic E-state index is 0.169. The zero-order valence-corrected chi connectivity index (χ0v) is 15.1. The van der Waals surface area contributed by atoms with E-state index in [1.165, 1.54) is 30.3 Å². The lowest BCUT2D eigenvalue weighted by Crippen LogP contribution is -2.43. The molecule has 8 nitrogen and oxygen atoms in total. The zero-order valence-electron chi connectivity index (χ0n) is 15.1. The highest BCUT2D eigenvalue weighted by atomic mass is 16.7. The highest BCUT2D eigenvalue weighted by Crippen LogP contribution is 2.37. The first-order valence-corrected chi connectivity index (χ1v) is 8.63. The fourth-order valence-corrected chi connectivity index (χ4v) is 2.72. The first-order chi connectivity index (χ1) is 12.4. The maximum atomic E-state index is 11.8. The fraction of sp³-hybridized carbons (Fsp3) is 0.500. The van der Waals surface area contributed by atoms with Gasteiger partial charge in [-0.3, -0.25) is 20.2 Å². The molecule has 0 aliphatic heterocycles. The largest absolute Gasteiger partial charge is 0.487 e. The molecular weight excluding hydrogens is 340 g/mol. The number of nitro groups is 2. The molecule has 0 saturated carbocycles. The van der Waals surface area contributed by atoms with Crippen LogP contribution in [0, 0.1) is 20.2 Å². The van der Waals surface area contributed by atoms with E-state index in [0.717, 1.165) is 25.3 Å². The molecule has 0 aromatic heterocycles. The molecule has 0 aliphatic rings. The monoisotopic (exact) mass is 364 g/mol. The third-order valence-electron chi connectivity index (χ3n) is 4.06. The Balaban J connectivity index is 3.24. The summed E-state index contributed by atoms with van der Waals surface area (Å²) < 4.78 is 5.10. The number of hydrogen-bond donors (Lipinski definition) is 0. The van der Waals surface area contributed by atoms with Crippen LogP contribution in [-0.4, -0.2) is 15.8 Å². The maximum Gasteiger partial charge on any atom is 0.487 e. The zero-order chi connectivity index (χ0) is 19.6. The number of unbranched alkanes of at least 4 members (excludes halogenated alkanes) is 4. The number of esters is 1. The minimum atomic E-state index is -2.54. The topological polar surface area (TPSA) is 113 Å². The third-order valence-corrected chi connectivity index (χ3v) is 4.06. The van der Waals surface area contributed by atoms with Crippen LogP contribution in [0.25, 0.3) is 0 Å². The van der Waals surface area contributed by atoms with E-state index in [1.807, 2.05) is 6.92 Å². The van der Waals surface area contributed by atoms with Gasteiger partial charge in [-0.25, -0.2) is 4.79 Å². The van der Waals surface area contributed by atoms with E-state index in [1.54, 1.807) is 6.92 Å². The van der Waals surface area contributed by atoms with Crippen molar-refractivity contribution >= 4 is 5.97 Å². The SMILES string of the molecule is C/C=C/C(=O)Oc1ccccc1C(CCCCCCC)([N+](=O)[O-])[N+](=O)[O-]. The summed E-state index contributed by atoms with van der Waals surface area (Å²) in [4.78, 5) is 33.4. The predicted molar refractivity (Wildman–Crippen MR) is 95.9 cm³/mol. The number of rotatable bonds is 11. The summed E-state index contributed by atoms with van der Waals surface area (Å²) in [6.45, 7) is 3.65. The van der Waals surface area contributed by atoms with Gasteiger partial charge in [-0.15, -0.1) is 0 Å². The molecule has 1 aromatic rings. The van der Waals surface area contributed by atoms with Crippen molar-refractivity contribution in [2.75, 3.05) is 0 Å². The predicted octanol–water partition coefficient (Wildman–Crippen LogP) is 4.23. The summed E-state index contributed by atoms with van der Waals surface area (Å²) >= 11 is 0. The Hall–Kier alpha value is -2.77. The van der Waals surface area contributed by atoms with Crippen LogP contribution in [0.5, 0.6) is 5.75 Å². The summed E-state index contributed by atoms with van der Waals surface area (Å²) in [6, 6.07) is 5.57. The van der Waals surface area contributed by atoms with Crippen molar-refractivity contribution in [2.24, 2.45) is 0 Å². The number of allylic oxidation sites excluding steroid dienone is 1. The average Bonchev–Trinajstić information content (AvgIpc) is 2.58. The first-order valence-electron chi connectivity index (χ1n) is 8.63. The molecule has 0 heterocycles. The van der Waals surface area contributed by atoms with E-state index in [-0.39, 0.29) is 17.7 Å². The van der Waals surface area contributed by atoms with Gasteiger partial charge in [0.2, 0.25) is 0 Å². The molecule has 0 N–H and O–H groups in total. The lowest BCUT2D eigenvalue weighted by atomic mass is 9.93. The molecule has 1 rings (SSSR count). The normalized spacial score (nSPS) is 11.5. The Kier molecular flexibility index (Phi) is 8.41. The molecule has 1 aromatic carbocycles. The van der Waals surface area contributed by atoms with E-state index < -0.39 is 21.5 Å². The molecule has 0 atom stereocenters. The lowest BCUT2D eigenvalue weighted by Gasteiger charge is -2.19. The van der Waals surface area contributed by atoms with Crippen LogP contribution in [0.4, 0.5) is 0 Å². The molecule has 0 unspecified atom stereocenters. The van der Waals surface area contributed by atoms with Gasteiger partial charge < -0.3 is 4.74 Å². The number of carbonyl (C=O) groups excluding carboxylic acids is 1. The van der Waals surface area contributed by atoms with E-state index in [0.29, 0.717) is 12.8 Å². The van der Waals surface area contributed by atoms with E-state index in [4.69, 9.17) is 4.74 Å². The van der Waals surface area contributed by atoms with Crippen molar-refractivity contribution < 1.29 is 19.4 Å². The molecule has 0 radical (unpaired) electrons. The summed E-state index contributed by atoms with van der Waals surface area (Å²) in [6.07, 6.45) is 6.15.